The third kappa shape index (κ3) is 4.44. The molecule has 0 saturated heterocycles. The lowest BCUT2D eigenvalue weighted by Gasteiger charge is -2.43. The first-order valence-corrected chi connectivity index (χ1v) is 18.7. The van der Waals surface area contributed by atoms with Crippen LogP contribution in [0.3, 0.4) is 0 Å². The highest BCUT2D eigenvalue weighted by atomic mass is 32.2. The molecule has 0 saturated carbocycles. The topological polar surface area (TPSA) is 6.48 Å². The third-order valence-corrected chi connectivity index (χ3v) is 12.5. The van der Waals surface area contributed by atoms with Gasteiger partial charge in [-0.25, -0.2) is 0 Å². The predicted molar refractivity (Wildman–Crippen MR) is 215 cm³/mol. The molecule has 0 spiro atoms. The fraction of sp³-hybridized carbons (Fsp3) is 0.125. The molecule has 3 heteroatoms. The Morgan fingerprint density at radius 2 is 0.961 bits per heavy atom. The van der Waals surface area contributed by atoms with Gasteiger partial charge in [-0.3, -0.25) is 0 Å². The molecule has 51 heavy (non-hydrogen) atoms. The van der Waals surface area contributed by atoms with Gasteiger partial charge < -0.3 is 9.80 Å². The molecule has 7 aromatic carbocycles. The normalized spacial score (nSPS) is 15.6. The smallest absolute Gasteiger partial charge is 0.0602 e. The molecular weight excluding hydrogens is 637 g/mol. The van der Waals surface area contributed by atoms with E-state index in [1.54, 1.807) is 0 Å². The molecule has 10 rings (SSSR count). The summed E-state index contributed by atoms with van der Waals surface area (Å²) in [7, 11) is 0. The molecule has 0 radical (unpaired) electrons. The molecule has 0 amide bonds. The molecule has 0 atom stereocenters. The Kier molecular flexibility index (Phi) is 6.54. The first-order chi connectivity index (χ1) is 24.8. The van der Waals surface area contributed by atoms with Crippen molar-refractivity contribution in [3.63, 3.8) is 0 Å². The van der Waals surface area contributed by atoms with Crippen LogP contribution in [0, 0.1) is 0 Å². The second kappa shape index (κ2) is 11.0. The maximum atomic E-state index is 2.50. The van der Waals surface area contributed by atoms with E-state index in [2.05, 4.69) is 195 Å². The summed E-state index contributed by atoms with van der Waals surface area (Å²) >= 11 is 1.86. The Labute approximate surface area is 305 Å². The van der Waals surface area contributed by atoms with Crippen LogP contribution in [0.4, 0.5) is 34.1 Å². The van der Waals surface area contributed by atoms with Gasteiger partial charge in [0.1, 0.15) is 0 Å². The number of nitrogens with zero attached hydrogens (tertiary/aromatic N) is 2. The monoisotopic (exact) mass is 674 g/mol. The van der Waals surface area contributed by atoms with Crippen molar-refractivity contribution in [3.05, 3.63) is 180 Å². The molecule has 2 aliphatic heterocycles. The summed E-state index contributed by atoms with van der Waals surface area (Å²) in [5.41, 5.74) is 17.8. The maximum Gasteiger partial charge on any atom is 0.0602 e. The predicted octanol–water partition coefficient (Wildman–Crippen LogP) is 13.7. The van der Waals surface area contributed by atoms with Gasteiger partial charge in [0.15, 0.2) is 0 Å². The minimum absolute atomic E-state index is 0.0708. The van der Waals surface area contributed by atoms with E-state index < -0.39 is 0 Å². The van der Waals surface area contributed by atoms with Crippen LogP contribution < -0.4 is 9.80 Å². The highest BCUT2D eigenvalue weighted by Gasteiger charge is 2.42. The lowest BCUT2D eigenvalue weighted by Crippen LogP contribution is -2.31. The van der Waals surface area contributed by atoms with Crippen LogP contribution in [0.1, 0.15) is 49.9 Å². The van der Waals surface area contributed by atoms with Gasteiger partial charge in [0.2, 0.25) is 0 Å². The summed E-state index contributed by atoms with van der Waals surface area (Å²) in [6.45, 7) is 9.52. The number of benzene rings is 7. The summed E-state index contributed by atoms with van der Waals surface area (Å²) < 4.78 is 0. The molecule has 7 aromatic rings. The van der Waals surface area contributed by atoms with E-state index in [0.29, 0.717) is 0 Å². The molecule has 0 N–H and O–H groups in total. The number of hydrogen-bond acceptors (Lipinski definition) is 3. The Morgan fingerprint density at radius 1 is 0.373 bits per heavy atom. The summed E-state index contributed by atoms with van der Waals surface area (Å²) in [6.07, 6.45) is 0. The lowest BCUT2D eigenvalue weighted by atomic mass is 9.72. The van der Waals surface area contributed by atoms with Crippen molar-refractivity contribution < 1.29 is 0 Å². The van der Waals surface area contributed by atoms with Gasteiger partial charge in [-0.2, -0.15) is 0 Å². The molecule has 0 unspecified atom stereocenters. The van der Waals surface area contributed by atoms with E-state index >= 15 is 0 Å². The van der Waals surface area contributed by atoms with Crippen LogP contribution in [0.15, 0.2) is 168 Å². The summed E-state index contributed by atoms with van der Waals surface area (Å²) in [6, 6.07) is 58.4. The second-order valence-electron chi connectivity index (χ2n) is 15.0. The zero-order valence-electron chi connectivity index (χ0n) is 29.3. The Hall–Kier alpha value is -5.51. The summed E-state index contributed by atoms with van der Waals surface area (Å²) in [4.78, 5) is 7.41. The minimum Gasteiger partial charge on any atom is -0.310 e. The maximum absolute atomic E-state index is 2.50. The van der Waals surface area contributed by atoms with E-state index in [4.69, 9.17) is 0 Å². The lowest BCUT2D eigenvalue weighted by molar-refractivity contribution is 0.627. The van der Waals surface area contributed by atoms with Gasteiger partial charge in [-0.15, -0.1) is 0 Å². The molecule has 1 aliphatic carbocycles. The SMILES string of the molecule is CC1(C)c2ccccc2-c2cc3c(cc21)N(c1ccc(-c2ccc4c(c2)Sc2ccccc2N4c2ccccc2)cc1)c1ccccc1C3(C)C. The van der Waals surface area contributed by atoms with Crippen molar-refractivity contribution >= 4 is 45.9 Å². The van der Waals surface area contributed by atoms with E-state index in [1.165, 1.54) is 88.4 Å². The fourth-order valence-corrected chi connectivity index (χ4v) is 9.86. The first kappa shape index (κ1) is 30.3. The zero-order valence-corrected chi connectivity index (χ0v) is 30.1. The molecule has 0 aromatic heterocycles. The van der Waals surface area contributed by atoms with Crippen molar-refractivity contribution in [1.29, 1.82) is 0 Å². The van der Waals surface area contributed by atoms with Crippen LogP contribution in [0.5, 0.6) is 0 Å². The van der Waals surface area contributed by atoms with Crippen molar-refractivity contribution in [2.45, 2.75) is 48.3 Å². The fourth-order valence-electron chi connectivity index (χ4n) is 8.77. The molecular formula is C48H38N2S. The highest BCUT2D eigenvalue weighted by molar-refractivity contribution is 7.99. The van der Waals surface area contributed by atoms with Crippen LogP contribution in [0.25, 0.3) is 22.3 Å². The Balaban J connectivity index is 1.07. The van der Waals surface area contributed by atoms with Crippen LogP contribution in [-0.4, -0.2) is 0 Å². The van der Waals surface area contributed by atoms with Gasteiger partial charge in [0, 0.05) is 32.0 Å². The zero-order chi connectivity index (χ0) is 34.5. The van der Waals surface area contributed by atoms with Crippen LogP contribution in [0.2, 0.25) is 0 Å². The standard InChI is InChI=1S/C48H38N2S/c1-47(2)37-17-9-8-16-35(37)36-29-40-44(30-39(36)47)49(41-19-11-10-18-38(41)48(40,3)4)34-25-22-31(23-26-34)32-24-27-43-46(28-32)51-45-21-13-12-20-42(45)50(43)33-14-6-5-7-15-33/h5-30H,1-4H3. The first-order valence-electron chi connectivity index (χ1n) is 17.9. The number of rotatable bonds is 3. The molecule has 0 bridgehead atoms. The molecule has 3 aliphatic rings. The second-order valence-corrected chi connectivity index (χ2v) is 16.1. The minimum atomic E-state index is -0.147. The molecule has 246 valence electrons. The highest BCUT2D eigenvalue weighted by Crippen LogP contribution is 2.58. The summed E-state index contributed by atoms with van der Waals surface area (Å²) in [5, 5.41) is 0. The van der Waals surface area contributed by atoms with E-state index in [9.17, 15) is 0 Å². The van der Waals surface area contributed by atoms with Crippen molar-refractivity contribution in [1.82, 2.24) is 0 Å². The van der Waals surface area contributed by atoms with Gasteiger partial charge in [-0.05, 0) is 111 Å². The summed E-state index contributed by atoms with van der Waals surface area (Å²) in [5.74, 6) is 0. The number of fused-ring (bicyclic) bond motifs is 7. The average Bonchev–Trinajstić information content (AvgIpc) is 3.39. The van der Waals surface area contributed by atoms with E-state index in [1.807, 2.05) is 11.8 Å². The number of para-hydroxylation sites is 3. The Morgan fingerprint density at radius 3 is 1.76 bits per heavy atom. The number of hydrogen-bond donors (Lipinski definition) is 0. The van der Waals surface area contributed by atoms with E-state index in [-0.39, 0.29) is 10.8 Å². The Bertz CT molecular complexity index is 2510. The van der Waals surface area contributed by atoms with Gasteiger partial charge in [0.25, 0.3) is 0 Å². The third-order valence-electron chi connectivity index (χ3n) is 11.4. The van der Waals surface area contributed by atoms with Crippen molar-refractivity contribution in [2.24, 2.45) is 0 Å². The number of anilines is 6. The van der Waals surface area contributed by atoms with Crippen molar-refractivity contribution in [2.75, 3.05) is 9.80 Å². The van der Waals surface area contributed by atoms with Gasteiger partial charge >= 0.3 is 0 Å². The quantitative estimate of drug-likeness (QED) is 0.184. The van der Waals surface area contributed by atoms with Gasteiger partial charge in [-0.1, -0.05) is 130 Å². The van der Waals surface area contributed by atoms with E-state index in [0.717, 1.165) is 0 Å². The molecule has 2 nitrogen and oxygen atoms in total. The largest absolute Gasteiger partial charge is 0.310 e. The van der Waals surface area contributed by atoms with Crippen molar-refractivity contribution in [3.8, 4) is 22.3 Å². The molecule has 0 fully saturated rings. The molecule has 2 heterocycles. The van der Waals surface area contributed by atoms with Crippen LogP contribution >= 0.6 is 11.8 Å². The average molecular weight is 675 g/mol. The van der Waals surface area contributed by atoms with Gasteiger partial charge in [0.05, 0.1) is 22.7 Å². The van der Waals surface area contributed by atoms with Crippen LogP contribution in [-0.2, 0) is 10.8 Å².